The minimum absolute atomic E-state index is 0.464. The fraction of sp³-hybridized carbons (Fsp3) is 0.818. The number of ether oxygens (including phenoxy) is 1. The van der Waals surface area contributed by atoms with Gasteiger partial charge in [0.25, 0.3) is 0 Å². The van der Waals surface area contributed by atoms with Crippen molar-refractivity contribution in [2.24, 2.45) is 0 Å². The molecule has 0 aromatic heterocycles. The predicted octanol–water partition coefficient (Wildman–Crippen LogP) is 1.86. The van der Waals surface area contributed by atoms with Crippen LogP contribution >= 0.6 is 0 Å². The van der Waals surface area contributed by atoms with Crippen molar-refractivity contribution in [2.45, 2.75) is 51.7 Å². The second-order valence-corrected chi connectivity index (χ2v) is 5.02. The van der Waals surface area contributed by atoms with Crippen LogP contribution in [0.5, 0.6) is 0 Å². The molecule has 1 fully saturated rings. The van der Waals surface area contributed by atoms with E-state index < -0.39 is 23.7 Å². The van der Waals surface area contributed by atoms with Crippen LogP contribution in [0.3, 0.4) is 0 Å². The predicted molar refractivity (Wildman–Crippen MR) is 58.2 cm³/mol. The third-order valence-electron chi connectivity index (χ3n) is 2.42. The molecule has 5 heteroatoms. The maximum atomic E-state index is 11.8. The summed E-state index contributed by atoms with van der Waals surface area (Å²) < 4.78 is 5.18. The van der Waals surface area contributed by atoms with Crippen LogP contribution in [0.15, 0.2) is 0 Å². The topological polar surface area (TPSA) is 66.8 Å². The number of amides is 1. The third-order valence-corrected chi connectivity index (χ3v) is 2.42. The summed E-state index contributed by atoms with van der Waals surface area (Å²) in [6.07, 6.45) is 1.66. The first-order chi connectivity index (χ1) is 7.31. The van der Waals surface area contributed by atoms with E-state index in [1.165, 1.54) is 4.90 Å². The Morgan fingerprint density at radius 2 is 1.94 bits per heavy atom. The highest BCUT2D eigenvalue weighted by Gasteiger charge is 2.34. The first kappa shape index (κ1) is 12.8. The van der Waals surface area contributed by atoms with E-state index in [0.29, 0.717) is 13.0 Å². The highest BCUT2D eigenvalue weighted by Crippen LogP contribution is 2.20. The molecule has 1 aliphatic rings. The number of aliphatic carboxylic acids is 1. The molecule has 0 aliphatic carbocycles. The molecule has 0 aromatic carbocycles. The smallest absolute Gasteiger partial charge is 0.411 e. The average Bonchev–Trinajstić information content (AvgIpc) is 2.15. The molecule has 1 saturated heterocycles. The summed E-state index contributed by atoms with van der Waals surface area (Å²) in [7, 11) is 0. The van der Waals surface area contributed by atoms with Gasteiger partial charge in [-0.2, -0.15) is 0 Å². The molecule has 0 radical (unpaired) electrons. The quantitative estimate of drug-likeness (QED) is 0.698. The molecule has 1 heterocycles. The molecule has 0 saturated carbocycles. The standard InChI is InChI=1S/C11H19NO4/c1-11(2,3)16-10(15)12-7-5-4-6-8(12)9(13)14/h8H,4-7H2,1-3H3,(H,13,14)/t8-/m0/s1/i9+1. The van der Waals surface area contributed by atoms with Gasteiger partial charge in [0, 0.05) is 6.54 Å². The second kappa shape index (κ2) is 4.72. The Hall–Kier alpha value is -1.26. The maximum absolute atomic E-state index is 11.8. The summed E-state index contributed by atoms with van der Waals surface area (Å²) in [5, 5.41) is 9.01. The van der Waals surface area contributed by atoms with E-state index in [1.54, 1.807) is 20.8 Å². The molecule has 0 unspecified atom stereocenters. The lowest BCUT2D eigenvalue weighted by atomic mass is 10.1. The lowest BCUT2D eigenvalue weighted by Gasteiger charge is -2.34. The molecule has 1 rings (SSSR count). The first-order valence-electron chi connectivity index (χ1n) is 5.54. The molecule has 0 aromatic rings. The molecule has 16 heavy (non-hydrogen) atoms. The number of piperidine rings is 1. The SMILES string of the molecule is CC(C)(C)OC(=O)N1CCCC[C@H]1[13C](=O)O. The molecule has 1 amide bonds. The van der Waals surface area contributed by atoms with Crippen LogP contribution in [-0.4, -0.2) is 40.3 Å². The number of nitrogens with zero attached hydrogens (tertiary/aromatic N) is 1. The summed E-state index contributed by atoms with van der Waals surface area (Å²) in [5.74, 6) is -0.953. The highest BCUT2D eigenvalue weighted by atomic mass is 16.6. The van der Waals surface area contributed by atoms with Crippen molar-refractivity contribution in [3.05, 3.63) is 0 Å². The number of likely N-dealkylation sites (tertiary alicyclic amines) is 1. The van der Waals surface area contributed by atoms with Gasteiger partial charge in [0.1, 0.15) is 11.6 Å². The van der Waals surface area contributed by atoms with Crippen LogP contribution in [0.2, 0.25) is 0 Å². The van der Waals surface area contributed by atoms with E-state index in [-0.39, 0.29) is 0 Å². The van der Waals surface area contributed by atoms with Crippen LogP contribution < -0.4 is 0 Å². The summed E-state index contributed by atoms with van der Waals surface area (Å²) in [4.78, 5) is 24.1. The Morgan fingerprint density at radius 1 is 1.31 bits per heavy atom. The molecular formula is C11H19NO4. The maximum Gasteiger partial charge on any atom is 0.411 e. The van der Waals surface area contributed by atoms with E-state index in [1.807, 2.05) is 0 Å². The van der Waals surface area contributed by atoms with Gasteiger partial charge >= 0.3 is 12.1 Å². The van der Waals surface area contributed by atoms with Gasteiger partial charge in [-0.25, -0.2) is 9.59 Å². The molecule has 1 aliphatic heterocycles. The summed E-state index contributed by atoms with van der Waals surface area (Å²) in [6, 6.07) is -0.733. The zero-order valence-electron chi connectivity index (χ0n) is 10.0. The second-order valence-electron chi connectivity index (χ2n) is 5.02. The largest absolute Gasteiger partial charge is 0.480 e. The molecule has 1 N–H and O–H groups in total. The summed E-state index contributed by atoms with van der Waals surface area (Å²) in [6.45, 7) is 5.77. The van der Waals surface area contributed by atoms with Crippen molar-refractivity contribution in [2.75, 3.05) is 6.54 Å². The number of carbonyl (C=O) groups is 2. The van der Waals surface area contributed by atoms with E-state index in [9.17, 15) is 9.59 Å². The number of hydrogen-bond acceptors (Lipinski definition) is 3. The molecule has 1 atom stereocenters. The van der Waals surface area contributed by atoms with E-state index in [2.05, 4.69) is 0 Å². The zero-order valence-corrected chi connectivity index (χ0v) is 10.0. The summed E-state index contributed by atoms with van der Waals surface area (Å²) >= 11 is 0. The Morgan fingerprint density at radius 3 is 2.44 bits per heavy atom. The van der Waals surface area contributed by atoms with Crippen LogP contribution in [0, 0.1) is 0 Å². The Kier molecular flexibility index (Phi) is 3.78. The minimum Gasteiger partial charge on any atom is -0.480 e. The Bertz CT molecular complexity index is 282. The van der Waals surface area contributed by atoms with Gasteiger partial charge in [0.15, 0.2) is 0 Å². The van der Waals surface area contributed by atoms with Crippen LogP contribution in [0.1, 0.15) is 40.0 Å². The first-order valence-corrected chi connectivity index (χ1v) is 5.54. The Balaban J connectivity index is 2.68. The molecule has 0 spiro atoms. The number of hydrogen-bond donors (Lipinski definition) is 1. The van der Waals surface area contributed by atoms with Crippen molar-refractivity contribution >= 4 is 12.1 Å². The lowest BCUT2D eigenvalue weighted by molar-refractivity contribution is -0.144. The van der Waals surface area contributed by atoms with Gasteiger partial charge < -0.3 is 9.84 Å². The Labute approximate surface area is 95.4 Å². The number of carboxylic acids is 1. The number of rotatable bonds is 1. The normalized spacial score (nSPS) is 21.7. The molecule has 92 valence electrons. The monoisotopic (exact) mass is 230 g/mol. The van der Waals surface area contributed by atoms with Crippen LogP contribution in [0.25, 0.3) is 0 Å². The molecule has 5 nitrogen and oxygen atoms in total. The van der Waals surface area contributed by atoms with Crippen molar-refractivity contribution in [3.8, 4) is 0 Å². The van der Waals surface area contributed by atoms with E-state index in [0.717, 1.165) is 12.8 Å². The van der Waals surface area contributed by atoms with E-state index in [4.69, 9.17) is 9.84 Å². The fourth-order valence-corrected chi connectivity index (χ4v) is 1.73. The van der Waals surface area contributed by atoms with Gasteiger partial charge in [0.2, 0.25) is 0 Å². The van der Waals surface area contributed by atoms with E-state index >= 15 is 0 Å². The fourth-order valence-electron chi connectivity index (χ4n) is 1.73. The van der Waals surface area contributed by atoms with Crippen molar-refractivity contribution in [3.63, 3.8) is 0 Å². The zero-order chi connectivity index (χ0) is 12.3. The van der Waals surface area contributed by atoms with Gasteiger partial charge in [-0.1, -0.05) is 0 Å². The molecule has 0 bridgehead atoms. The minimum atomic E-state index is -0.953. The highest BCUT2D eigenvalue weighted by molar-refractivity contribution is 5.80. The average molecular weight is 230 g/mol. The van der Waals surface area contributed by atoms with Gasteiger partial charge in [-0.3, -0.25) is 4.90 Å². The van der Waals surface area contributed by atoms with Gasteiger partial charge in [-0.05, 0) is 40.0 Å². The van der Waals surface area contributed by atoms with Crippen LogP contribution in [-0.2, 0) is 9.53 Å². The van der Waals surface area contributed by atoms with Gasteiger partial charge in [-0.15, -0.1) is 0 Å². The third kappa shape index (κ3) is 3.40. The van der Waals surface area contributed by atoms with Crippen molar-refractivity contribution in [1.29, 1.82) is 0 Å². The molecular weight excluding hydrogens is 211 g/mol. The number of carbonyl (C=O) groups excluding carboxylic acids is 1. The number of carboxylic acid groups (broad SMARTS) is 1. The van der Waals surface area contributed by atoms with Crippen LogP contribution in [0.4, 0.5) is 4.79 Å². The van der Waals surface area contributed by atoms with Gasteiger partial charge in [0.05, 0.1) is 0 Å². The van der Waals surface area contributed by atoms with Crippen molar-refractivity contribution < 1.29 is 19.4 Å². The lowest BCUT2D eigenvalue weighted by Crippen LogP contribution is -2.49. The van der Waals surface area contributed by atoms with Crippen molar-refractivity contribution in [1.82, 2.24) is 4.90 Å². The summed E-state index contributed by atoms with van der Waals surface area (Å²) in [5.41, 5.74) is -0.586.